The molecule has 6 heteroatoms. The average molecular weight is 411 g/mol. The van der Waals surface area contributed by atoms with Crippen LogP contribution < -0.4 is 0 Å². The zero-order valence-corrected chi connectivity index (χ0v) is 19.4. The molecule has 1 atom stereocenters. The van der Waals surface area contributed by atoms with E-state index >= 15 is 0 Å². The van der Waals surface area contributed by atoms with Crippen molar-refractivity contribution in [2.45, 2.75) is 79.1 Å². The number of allylic oxidation sites excluding steroid dienone is 1. The Hall–Kier alpha value is -1.55. The maximum Gasteiger partial charge on any atom is 0.695 e. The van der Waals surface area contributed by atoms with Crippen molar-refractivity contribution in [1.29, 1.82) is 0 Å². The number of hydrogen-bond acceptors (Lipinski definition) is 4. The van der Waals surface area contributed by atoms with Crippen LogP contribution in [0.2, 0.25) is 0 Å². The topological polar surface area (TPSA) is 83.8 Å². The molecular formula is C22H36O5P+. The molecule has 2 N–H and O–H groups in total. The molecule has 0 aromatic heterocycles. The highest BCUT2D eigenvalue weighted by molar-refractivity contribution is 7.32. The molecule has 158 valence electrons. The van der Waals surface area contributed by atoms with Crippen LogP contribution in [0.5, 0.6) is 5.75 Å². The Bertz CT molecular complexity index is 657. The van der Waals surface area contributed by atoms with Crippen molar-refractivity contribution in [3.05, 3.63) is 41.0 Å². The highest BCUT2D eigenvalue weighted by Crippen LogP contribution is 2.39. The van der Waals surface area contributed by atoms with Crippen molar-refractivity contribution < 1.29 is 23.9 Å². The molecule has 0 aliphatic carbocycles. The summed E-state index contributed by atoms with van der Waals surface area (Å²) in [6.45, 7) is 16.1. The smallest absolute Gasteiger partial charge is 0.507 e. The number of aromatic hydroxyl groups is 1. The molecule has 0 radical (unpaired) electrons. The summed E-state index contributed by atoms with van der Waals surface area (Å²) in [5.74, 6) is -0.0288. The third-order valence-corrected chi connectivity index (χ3v) is 4.43. The lowest BCUT2D eigenvalue weighted by molar-refractivity contribution is 0.104. The first-order chi connectivity index (χ1) is 12.8. The van der Waals surface area contributed by atoms with Crippen molar-refractivity contribution in [2.75, 3.05) is 6.61 Å². The Balaban J connectivity index is 0.00000165. The van der Waals surface area contributed by atoms with Crippen LogP contribution in [0, 0.1) is 0 Å². The van der Waals surface area contributed by atoms with E-state index in [4.69, 9.17) is 4.89 Å². The van der Waals surface area contributed by atoms with E-state index in [0.717, 1.165) is 0 Å². The standard InChI is InChI=1S/C18H25O5P.C4H10/c1-17(2,3)13-10-12(11-14(16(13)20)18(4,5)6)15(19)8-7-9-23-24(21)22;1-3-4-2/h7-8,10-11H,9H2,1-6H3,(H-,19,20,21,22);3-4H2,1-2H3/p+1/b8-7+;. The molecule has 0 heterocycles. The van der Waals surface area contributed by atoms with E-state index in [1.165, 1.54) is 25.0 Å². The van der Waals surface area contributed by atoms with Crippen molar-refractivity contribution in [2.24, 2.45) is 0 Å². The van der Waals surface area contributed by atoms with E-state index < -0.39 is 8.25 Å². The Morgan fingerprint density at radius 1 is 1.04 bits per heavy atom. The first-order valence-electron chi connectivity index (χ1n) is 9.63. The fourth-order valence-corrected chi connectivity index (χ4v) is 2.49. The molecule has 1 rings (SSSR count). The largest absolute Gasteiger partial charge is 0.695 e. The zero-order valence-electron chi connectivity index (χ0n) is 18.5. The van der Waals surface area contributed by atoms with Gasteiger partial charge in [0.1, 0.15) is 12.4 Å². The second-order valence-corrected chi connectivity index (χ2v) is 9.45. The van der Waals surface area contributed by atoms with Crippen LogP contribution in [-0.4, -0.2) is 22.4 Å². The van der Waals surface area contributed by atoms with Crippen molar-refractivity contribution in [1.82, 2.24) is 0 Å². The van der Waals surface area contributed by atoms with Gasteiger partial charge in [0.15, 0.2) is 5.78 Å². The number of phenols is 1. The fourth-order valence-electron chi connectivity index (χ4n) is 2.28. The Labute approximate surface area is 170 Å². The van der Waals surface area contributed by atoms with Crippen LogP contribution in [0.3, 0.4) is 0 Å². The zero-order chi connectivity index (χ0) is 22.1. The summed E-state index contributed by atoms with van der Waals surface area (Å²) in [7, 11) is -2.68. The number of benzene rings is 1. The molecule has 1 aromatic carbocycles. The number of ketones is 1. The summed E-state index contributed by atoms with van der Waals surface area (Å²) in [4.78, 5) is 21.0. The molecular weight excluding hydrogens is 375 g/mol. The van der Waals surface area contributed by atoms with Crippen molar-refractivity contribution in [3.8, 4) is 5.75 Å². The predicted octanol–water partition coefficient (Wildman–Crippen LogP) is 6.20. The predicted molar refractivity (Wildman–Crippen MR) is 115 cm³/mol. The normalized spacial score (nSPS) is 12.5. The summed E-state index contributed by atoms with van der Waals surface area (Å²) in [5.41, 5.74) is 1.25. The molecule has 0 amide bonds. The maximum atomic E-state index is 12.4. The average Bonchev–Trinajstić information content (AvgIpc) is 2.56. The van der Waals surface area contributed by atoms with Crippen LogP contribution in [0.25, 0.3) is 0 Å². The second kappa shape index (κ2) is 11.5. The third kappa shape index (κ3) is 9.09. The highest BCUT2D eigenvalue weighted by Gasteiger charge is 2.27. The van der Waals surface area contributed by atoms with Gasteiger partial charge in [0, 0.05) is 21.3 Å². The van der Waals surface area contributed by atoms with Crippen molar-refractivity contribution in [3.63, 3.8) is 0 Å². The van der Waals surface area contributed by atoms with Crippen LogP contribution in [0.4, 0.5) is 0 Å². The SMILES string of the molecule is CC(C)(C)c1cc(C(=O)/C=C/CO[P+](=O)O)cc(C(C)(C)C)c1O.CCCC. The molecule has 0 fully saturated rings. The quantitative estimate of drug-likeness (QED) is 0.331. The van der Waals surface area contributed by atoms with Gasteiger partial charge in [-0.1, -0.05) is 68.2 Å². The summed E-state index contributed by atoms with van der Waals surface area (Å²) < 4.78 is 14.9. The molecule has 0 spiro atoms. The Morgan fingerprint density at radius 3 is 1.79 bits per heavy atom. The molecule has 0 saturated carbocycles. The van der Waals surface area contributed by atoms with Crippen LogP contribution in [-0.2, 0) is 19.9 Å². The summed E-state index contributed by atoms with van der Waals surface area (Å²) in [5, 5.41) is 10.6. The van der Waals surface area contributed by atoms with Gasteiger partial charge in [-0.15, -0.1) is 9.42 Å². The van der Waals surface area contributed by atoms with Gasteiger partial charge < -0.3 is 5.11 Å². The summed E-state index contributed by atoms with van der Waals surface area (Å²) in [6, 6.07) is 3.40. The van der Waals surface area contributed by atoms with Crippen LogP contribution in [0.15, 0.2) is 24.3 Å². The number of hydrogen-bond donors (Lipinski definition) is 2. The minimum atomic E-state index is -2.68. The van der Waals surface area contributed by atoms with Gasteiger partial charge in [-0.2, -0.15) is 0 Å². The molecule has 0 saturated heterocycles. The molecule has 0 bridgehead atoms. The summed E-state index contributed by atoms with van der Waals surface area (Å²) >= 11 is 0. The lowest BCUT2D eigenvalue weighted by Crippen LogP contribution is -2.18. The number of phenolic OH excluding ortho intramolecular Hbond substituents is 1. The van der Waals surface area contributed by atoms with Crippen molar-refractivity contribution >= 4 is 14.0 Å². The van der Waals surface area contributed by atoms with Gasteiger partial charge in [0.2, 0.25) is 0 Å². The molecule has 28 heavy (non-hydrogen) atoms. The number of rotatable bonds is 6. The Morgan fingerprint density at radius 2 is 1.46 bits per heavy atom. The maximum absolute atomic E-state index is 12.4. The molecule has 5 nitrogen and oxygen atoms in total. The van der Waals surface area contributed by atoms with E-state index in [1.807, 2.05) is 41.5 Å². The Kier molecular flexibility index (Phi) is 10.8. The van der Waals surface area contributed by atoms with Gasteiger partial charge in [0.25, 0.3) is 0 Å². The number of carbonyl (C=O) groups is 1. The van der Waals surface area contributed by atoms with Gasteiger partial charge in [-0.05, 0) is 35.1 Å². The van der Waals surface area contributed by atoms with Gasteiger partial charge in [0.05, 0.1) is 0 Å². The first-order valence-corrected chi connectivity index (χ1v) is 10.8. The third-order valence-electron chi connectivity index (χ3n) is 4.06. The lowest BCUT2D eigenvalue weighted by Gasteiger charge is -2.27. The van der Waals surface area contributed by atoms with Gasteiger partial charge in [-0.25, -0.2) is 0 Å². The lowest BCUT2D eigenvalue weighted by atomic mass is 9.78. The monoisotopic (exact) mass is 411 g/mol. The number of carbonyl (C=O) groups excluding carboxylic acids is 1. The van der Waals surface area contributed by atoms with E-state index in [0.29, 0.717) is 16.7 Å². The van der Waals surface area contributed by atoms with Crippen LogP contribution >= 0.6 is 8.25 Å². The molecule has 0 aliphatic rings. The van der Waals surface area contributed by atoms with Gasteiger partial charge in [-0.3, -0.25) is 4.79 Å². The molecule has 1 aromatic rings. The van der Waals surface area contributed by atoms with E-state index in [-0.39, 0.29) is 29.0 Å². The van der Waals surface area contributed by atoms with Crippen LogP contribution in [0.1, 0.15) is 89.7 Å². The van der Waals surface area contributed by atoms with Gasteiger partial charge >= 0.3 is 8.25 Å². The van der Waals surface area contributed by atoms with E-state index in [9.17, 15) is 14.5 Å². The number of unbranched alkanes of at least 4 members (excludes halogenated alkanes) is 1. The first kappa shape index (κ1) is 26.4. The second-order valence-electron chi connectivity index (χ2n) is 8.72. The molecule has 1 unspecified atom stereocenters. The van der Waals surface area contributed by atoms with E-state index in [2.05, 4.69) is 18.4 Å². The minimum Gasteiger partial charge on any atom is -0.507 e. The minimum absolute atomic E-state index is 0.117. The van der Waals surface area contributed by atoms with E-state index in [1.54, 1.807) is 12.1 Å². The highest BCUT2D eigenvalue weighted by atomic mass is 31.1. The summed E-state index contributed by atoms with van der Waals surface area (Å²) in [6.07, 6.45) is 5.34. The molecule has 0 aliphatic heterocycles. The fraction of sp³-hybridized carbons (Fsp3) is 0.591.